The van der Waals surface area contributed by atoms with Crippen molar-refractivity contribution in [1.29, 1.82) is 0 Å². The van der Waals surface area contributed by atoms with Gasteiger partial charge in [-0.15, -0.1) is 0 Å². The van der Waals surface area contributed by atoms with Gasteiger partial charge in [-0.2, -0.15) is 13.2 Å². The molecule has 0 bridgehead atoms. The van der Waals surface area contributed by atoms with Crippen LogP contribution in [0.1, 0.15) is 54.2 Å². The molecule has 0 aromatic heterocycles. The number of carbonyl (C=O) groups is 1. The molecule has 1 saturated heterocycles. The van der Waals surface area contributed by atoms with Crippen LogP contribution in [-0.2, 0) is 6.18 Å². The number of carbonyl (C=O) groups excluding carboxylic acids is 1. The molecule has 0 aliphatic carbocycles. The highest BCUT2D eigenvalue weighted by atomic mass is 35.5. The van der Waals surface area contributed by atoms with Gasteiger partial charge in [0.1, 0.15) is 0 Å². The molecule has 2 aromatic carbocycles. The first-order valence-electron chi connectivity index (χ1n) is 10.1. The number of likely N-dealkylation sites (tertiary alicyclic amines) is 1. The number of rotatable bonds is 6. The number of halogens is 4. The third kappa shape index (κ3) is 5.16. The van der Waals surface area contributed by atoms with E-state index in [1.807, 2.05) is 30.3 Å². The van der Waals surface area contributed by atoms with Crippen molar-refractivity contribution in [3.63, 3.8) is 0 Å². The summed E-state index contributed by atoms with van der Waals surface area (Å²) < 4.78 is 39.6. The van der Waals surface area contributed by atoms with Crippen molar-refractivity contribution in [2.45, 2.75) is 44.9 Å². The first-order valence-corrected chi connectivity index (χ1v) is 10.5. The van der Waals surface area contributed by atoms with Gasteiger partial charge in [-0.25, -0.2) is 0 Å². The Morgan fingerprint density at radius 1 is 1.17 bits per heavy atom. The predicted octanol–water partition coefficient (Wildman–Crippen LogP) is 5.95. The van der Waals surface area contributed by atoms with Crippen molar-refractivity contribution in [3.8, 4) is 0 Å². The molecule has 162 valence electrons. The predicted molar refractivity (Wildman–Crippen MR) is 113 cm³/mol. The Bertz CT molecular complexity index is 870. The van der Waals surface area contributed by atoms with Gasteiger partial charge in [0, 0.05) is 12.6 Å². The molecule has 2 atom stereocenters. The van der Waals surface area contributed by atoms with E-state index >= 15 is 0 Å². The lowest BCUT2D eigenvalue weighted by Gasteiger charge is -2.32. The minimum atomic E-state index is -4.62. The Morgan fingerprint density at radius 3 is 2.50 bits per heavy atom. The molecule has 0 spiro atoms. The second-order valence-electron chi connectivity index (χ2n) is 8.05. The van der Waals surface area contributed by atoms with Crippen LogP contribution in [0, 0.1) is 5.92 Å². The smallest absolute Gasteiger partial charge is 0.344 e. The summed E-state index contributed by atoms with van der Waals surface area (Å²) in [6.45, 7) is 5.89. The number of amides is 1. The lowest BCUT2D eigenvalue weighted by Crippen LogP contribution is -2.42. The Morgan fingerprint density at radius 2 is 1.87 bits per heavy atom. The fourth-order valence-corrected chi connectivity index (χ4v) is 4.47. The van der Waals surface area contributed by atoms with Gasteiger partial charge in [0.25, 0.3) is 5.91 Å². The molecule has 30 heavy (non-hydrogen) atoms. The average Bonchev–Trinajstić information content (AvgIpc) is 3.16. The first-order chi connectivity index (χ1) is 14.2. The molecule has 1 aliphatic heterocycles. The molecule has 2 aromatic rings. The molecule has 1 fully saturated rings. The van der Waals surface area contributed by atoms with Crippen molar-refractivity contribution in [2.24, 2.45) is 5.92 Å². The van der Waals surface area contributed by atoms with E-state index in [0.29, 0.717) is 18.5 Å². The standard InChI is InChI=1S/C23H26ClF3N2O/c1-15(2)20-12-7-13-29(20)14-19(16-8-4-3-5-9-16)28-22(30)17-10-6-11-18(21(17)24)23(25,26)27/h3-6,8-11,15,19-20H,7,12-14H2,1-2H3,(H,28,30)/t19-,20?/m1/s1. The van der Waals surface area contributed by atoms with E-state index in [-0.39, 0.29) is 11.6 Å². The van der Waals surface area contributed by atoms with Crippen LogP contribution in [0.2, 0.25) is 5.02 Å². The van der Waals surface area contributed by atoms with Crippen LogP contribution in [-0.4, -0.2) is 29.9 Å². The summed E-state index contributed by atoms with van der Waals surface area (Å²) >= 11 is 5.96. The molecular formula is C23H26ClF3N2O. The highest BCUT2D eigenvalue weighted by Gasteiger charge is 2.35. The summed E-state index contributed by atoms with van der Waals surface area (Å²) in [5.74, 6) is -0.127. The molecule has 0 radical (unpaired) electrons. The first kappa shape index (κ1) is 22.6. The Balaban J connectivity index is 1.86. The zero-order valence-corrected chi connectivity index (χ0v) is 17.8. The third-order valence-electron chi connectivity index (χ3n) is 5.66. The number of nitrogens with zero attached hydrogens (tertiary/aromatic N) is 1. The lowest BCUT2D eigenvalue weighted by atomic mass is 10.00. The normalized spacial score (nSPS) is 18.6. The molecule has 1 heterocycles. The zero-order valence-electron chi connectivity index (χ0n) is 17.0. The fourth-order valence-electron chi connectivity index (χ4n) is 4.15. The van der Waals surface area contributed by atoms with Crippen molar-refractivity contribution in [3.05, 3.63) is 70.2 Å². The highest BCUT2D eigenvalue weighted by molar-refractivity contribution is 6.34. The van der Waals surface area contributed by atoms with Crippen LogP contribution in [0.15, 0.2) is 48.5 Å². The fraction of sp³-hybridized carbons (Fsp3) is 0.435. The molecule has 7 heteroatoms. The van der Waals surface area contributed by atoms with E-state index < -0.39 is 22.7 Å². The number of hydrogen-bond acceptors (Lipinski definition) is 2. The van der Waals surface area contributed by atoms with E-state index in [4.69, 9.17) is 11.6 Å². The van der Waals surface area contributed by atoms with Crippen molar-refractivity contribution >= 4 is 17.5 Å². The van der Waals surface area contributed by atoms with E-state index in [0.717, 1.165) is 31.0 Å². The number of alkyl halides is 3. The summed E-state index contributed by atoms with van der Waals surface area (Å²) in [7, 11) is 0. The minimum absolute atomic E-state index is 0.172. The summed E-state index contributed by atoms with van der Waals surface area (Å²) in [5.41, 5.74) is -0.273. The number of nitrogens with one attached hydrogen (secondary N) is 1. The Hall–Kier alpha value is -2.05. The van der Waals surface area contributed by atoms with E-state index in [2.05, 4.69) is 24.1 Å². The van der Waals surface area contributed by atoms with E-state index in [1.165, 1.54) is 12.1 Å². The molecule has 1 aliphatic rings. The lowest BCUT2D eigenvalue weighted by molar-refractivity contribution is -0.137. The summed E-state index contributed by atoms with van der Waals surface area (Å²) in [4.78, 5) is 15.3. The minimum Gasteiger partial charge on any atom is -0.344 e. The maximum atomic E-state index is 13.2. The molecule has 1 unspecified atom stereocenters. The third-order valence-corrected chi connectivity index (χ3v) is 6.06. The van der Waals surface area contributed by atoms with Crippen molar-refractivity contribution < 1.29 is 18.0 Å². The van der Waals surface area contributed by atoms with Gasteiger partial charge in [0.05, 0.1) is 22.2 Å². The van der Waals surface area contributed by atoms with E-state index in [1.54, 1.807) is 0 Å². The van der Waals surface area contributed by atoms with Gasteiger partial charge >= 0.3 is 6.18 Å². The van der Waals surface area contributed by atoms with Crippen molar-refractivity contribution in [1.82, 2.24) is 10.2 Å². The second-order valence-corrected chi connectivity index (χ2v) is 8.43. The van der Waals surface area contributed by atoms with Gasteiger partial charge in [0.2, 0.25) is 0 Å². The molecular weight excluding hydrogens is 413 g/mol. The summed E-state index contributed by atoms with van der Waals surface area (Å²) in [6.07, 6.45) is -2.42. The quantitative estimate of drug-likeness (QED) is 0.604. The molecule has 1 N–H and O–H groups in total. The van der Waals surface area contributed by atoms with Crippen molar-refractivity contribution in [2.75, 3.05) is 13.1 Å². The van der Waals surface area contributed by atoms with Crippen LogP contribution in [0.3, 0.4) is 0 Å². The largest absolute Gasteiger partial charge is 0.417 e. The van der Waals surface area contributed by atoms with Gasteiger partial charge in [-0.05, 0) is 43.0 Å². The topological polar surface area (TPSA) is 32.3 Å². The van der Waals surface area contributed by atoms with Gasteiger partial charge in [0.15, 0.2) is 0 Å². The molecule has 1 amide bonds. The van der Waals surface area contributed by atoms with Crippen LogP contribution in [0.5, 0.6) is 0 Å². The van der Waals surface area contributed by atoms with Crippen LogP contribution in [0.4, 0.5) is 13.2 Å². The Labute approximate surface area is 180 Å². The number of hydrogen-bond donors (Lipinski definition) is 1. The van der Waals surface area contributed by atoms with Gasteiger partial charge < -0.3 is 5.32 Å². The van der Waals surface area contributed by atoms with Crippen LogP contribution in [0.25, 0.3) is 0 Å². The number of benzene rings is 2. The van der Waals surface area contributed by atoms with Crippen LogP contribution < -0.4 is 5.32 Å². The van der Waals surface area contributed by atoms with Gasteiger partial charge in [-0.1, -0.05) is 61.8 Å². The zero-order chi connectivity index (χ0) is 21.9. The molecule has 0 saturated carbocycles. The maximum absolute atomic E-state index is 13.2. The highest BCUT2D eigenvalue weighted by Crippen LogP contribution is 2.36. The average molecular weight is 439 g/mol. The van der Waals surface area contributed by atoms with E-state index in [9.17, 15) is 18.0 Å². The maximum Gasteiger partial charge on any atom is 0.417 e. The monoisotopic (exact) mass is 438 g/mol. The van der Waals surface area contributed by atoms with Crippen LogP contribution >= 0.6 is 11.6 Å². The SMILES string of the molecule is CC(C)C1CCCN1C[C@@H](NC(=O)c1cccc(C(F)(F)F)c1Cl)c1ccccc1. The molecule has 3 rings (SSSR count). The summed E-state index contributed by atoms with van der Waals surface area (Å²) in [5, 5.41) is 2.35. The summed E-state index contributed by atoms with van der Waals surface area (Å²) in [6, 6.07) is 13.0. The second kappa shape index (κ2) is 9.40. The molecule has 3 nitrogen and oxygen atoms in total. The Kier molecular flexibility index (Phi) is 7.09. The van der Waals surface area contributed by atoms with Gasteiger partial charge in [-0.3, -0.25) is 9.69 Å².